The highest BCUT2D eigenvalue weighted by atomic mass is 32.1. The molecule has 0 radical (unpaired) electrons. The maximum atomic E-state index is 12.3. The van der Waals surface area contributed by atoms with Crippen molar-refractivity contribution in [1.82, 2.24) is 24.4 Å². The number of carbonyl (C=O) groups excluding carboxylic acids is 2. The summed E-state index contributed by atoms with van der Waals surface area (Å²) in [6.07, 6.45) is 1.38. The highest BCUT2D eigenvalue weighted by molar-refractivity contribution is 7.13. The first-order chi connectivity index (χ1) is 10.6. The number of nitrogens with zero attached hydrogens (tertiary/aromatic N) is 5. The summed E-state index contributed by atoms with van der Waals surface area (Å²) in [4.78, 5) is 33.1. The van der Waals surface area contributed by atoms with Crippen LogP contribution in [0.25, 0.3) is 0 Å². The van der Waals surface area contributed by atoms with E-state index in [4.69, 9.17) is 0 Å². The minimum atomic E-state index is -0.0894. The van der Waals surface area contributed by atoms with E-state index >= 15 is 0 Å². The quantitative estimate of drug-likeness (QED) is 0.815. The molecule has 0 unspecified atom stereocenters. The van der Waals surface area contributed by atoms with Gasteiger partial charge in [-0.3, -0.25) is 9.59 Å². The molecule has 0 aliphatic carbocycles. The summed E-state index contributed by atoms with van der Waals surface area (Å²) in [5, 5.41) is 6.02. The number of thiazole rings is 1. The van der Waals surface area contributed by atoms with Crippen LogP contribution < -0.4 is 0 Å². The Morgan fingerprint density at radius 2 is 2.05 bits per heavy atom. The highest BCUT2D eigenvalue weighted by Gasteiger charge is 2.25. The Morgan fingerprint density at radius 3 is 2.73 bits per heavy atom. The molecular formula is C13H15N5O2S2. The topological polar surface area (TPSA) is 79.3 Å². The number of fused-ring (bicyclic) bond motifs is 1. The molecular weight excluding hydrogens is 322 g/mol. The van der Waals surface area contributed by atoms with Crippen LogP contribution in [-0.2, 0) is 12.8 Å². The zero-order valence-electron chi connectivity index (χ0n) is 12.3. The van der Waals surface area contributed by atoms with Gasteiger partial charge in [-0.05, 0) is 11.5 Å². The number of hydrogen-bond acceptors (Lipinski definition) is 7. The third kappa shape index (κ3) is 2.86. The van der Waals surface area contributed by atoms with Gasteiger partial charge in [0.1, 0.15) is 0 Å². The third-order valence-corrected chi connectivity index (χ3v) is 5.11. The molecule has 0 saturated carbocycles. The second kappa shape index (κ2) is 6.09. The van der Waals surface area contributed by atoms with Crippen molar-refractivity contribution in [3.8, 4) is 0 Å². The molecule has 7 nitrogen and oxygen atoms in total. The zero-order valence-corrected chi connectivity index (χ0v) is 13.9. The normalized spacial score (nSPS) is 14.4. The van der Waals surface area contributed by atoms with Gasteiger partial charge >= 0.3 is 0 Å². The van der Waals surface area contributed by atoms with E-state index in [-0.39, 0.29) is 11.8 Å². The van der Waals surface area contributed by atoms with Crippen molar-refractivity contribution in [3.05, 3.63) is 26.7 Å². The van der Waals surface area contributed by atoms with Crippen LogP contribution in [0.4, 0.5) is 0 Å². The standard InChI is InChI=1S/C13H15N5O2S2/c1-17(2)13(20)11-14-8-3-5-18(6-4-10(8)22-11)12(19)9-7-21-16-15-9/h7H,3-6H2,1-2H3. The fourth-order valence-corrected chi connectivity index (χ4v) is 3.82. The summed E-state index contributed by atoms with van der Waals surface area (Å²) in [6.45, 7) is 1.20. The molecule has 1 aliphatic rings. The number of amides is 2. The fraction of sp³-hybridized carbons (Fsp3) is 0.462. The van der Waals surface area contributed by atoms with Gasteiger partial charge in [0.05, 0.1) is 5.69 Å². The molecule has 2 amide bonds. The molecule has 2 aromatic heterocycles. The molecule has 0 aromatic carbocycles. The maximum absolute atomic E-state index is 12.3. The van der Waals surface area contributed by atoms with Crippen molar-refractivity contribution in [2.75, 3.05) is 27.2 Å². The van der Waals surface area contributed by atoms with Crippen LogP contribution in [0, 0.1) is 0 Å². The number of rotatable bonds is 2. The van der Waals surface area contributed by atoms with Crippen LogP contribution >= 0.6 is 22.9 Å². The zero-order chi connectivity index (χ0) is 15.7. The van der Waals surface area contributed by atoms with E-state index in [0.717, 1.165) is 17.0 Å². The minimum absolute atomic E-state index is 0.0699. The Labute approximate surface area is 135 Å². The molecule has 0 atom stereocenters. The summed E-state index contributed by atoms with van der Waals surface area (Å²) in [5.41, 5.74) is 1.33. The monoisotopic (exact) mass is 337 g/mol. The molecule has 0 N–H and O–H groups in total. The molecule has 0 spiro atoms. The van der Waals surface area contributed by atoms with E-state index in [0.29, 0.717) is 30.2 Å². The molecule has 0 bridgehead atoms. The van der Waals surface area contributed by atoms with Crippen LogP contribution in [0.1, 0.15) is 30.9 Å². The van der Waals surface area contributed by atoms with Gasteiger partial charge in [0.15, 0.2) is 10.7 Å². The van der Waals surface area contributed by atoms with Crippen molar-refractivity contribution < 1.29 is 9.59 Å². The second-order valence-electron chi connectivity index (χ2n) is 5.17. The molecule has 1 aliphatic heterocycles. The summed E-state index contributed by atoms with van der Waals surface area (Å²) in [5.74, 6) is -0.159. The predicted molar refractivity (Wildman–Crippen MR) is 83.4 cm³/mol. The van der Waals surface area contributed by atoms with Gasteiger partial charge in [0.25, 0.3) is 11.8 Å². The van der Waals surface area contributed by atoms with Gasteiger partial charge in [0, 0.05) is 50.3 Å². The average Bonchev–Trinajstić information content (AvgIpc) is 3.12. The van der Waals surface area contributed by atoms with Crippen LogP contribution in [0.2, 0.25) is 0 Å². The Bertz CT molecular complexity index is 670. The SMILES string of the molecule is CN(C)C(=O)c1nc2c(s1)CCN(C(=O)c1csnn1)CC2. The van der Waals surface area contributed by atoms with Gasteiger partial charge < -0.3 is 9.80 Å². The molecule has 0 saturated heterocycles. The Hall–Kier alpha value is -1.87. The first kappa shape index (κ1) is 15.0. The molecule has 9 heteroatoms. The van der Waals surface area contributed by atoms with Gasteiger partial charge in [0.2, 0.25) is 0 Å². The van der Waals surface area contributed by atoms with Crippen molar-refractivity contribution in [2.45, 2.75) is 12.8 Å². The first-order valence-electron chi connectivity index (χ1n) is 6.83. The largest absolute Gasteiger partial charge is 0.343 e. The maximum Gasteiger partial charge on any atom is 0.282 e. The Kier molecular flexibility index (Phi) is 4.16. The summed E-state index contributed by atoms with van der Waals surface area (Å²) >= 11 is 2.60. The Balaban J connectivity index is 1.73. The van der Waals surface area contributed by atoms with Crippen molar-refractivity contribution >= 4 is 34.7 Å². The lowest BCUT2D eigenvalue weighted by Gasteiger charge is -2.18. The van der Waals surface area contributed by atoms with Gasteiger partial charge in [-0.15, -0.1) is 16.4 Å². The summed E-state index contributed by atoms with van der Waals surface area (Å²) < 4.78 is 3.73. The second-order valence-corrected chi connectivity index (χ2v) is 6.86. The smallest absolute Gasteiger partial charge is 0.282 e. The molecule has 2 aromatic rings. The van der Waals surface area contributed by atoms with E-state index in [1.165, 1.54) is 27.8 Å². The van der Waals surface area contributed by atoms with Crippen molar-refractivity contribution in [3.63, 3.8) is 0 Å². The molecule has 22 heavy (non-hydrogen) atoms. The average molecular weight is 337 g/mol. The van der Waals surface area contributed by atoms with Crippen LogP contribution in [0.15, 0.2) is 5.38 Å². The van der Waals surface area contributed by atoms with E-state index < -0.39 is 0 Å². The Morgan fingerprint density at radius 1 is 1.27 bits per heavy atom. The number of aromatic nitrogens is 3. The fourth-order valence-electron chi connectivity index (χ4n) is 2.27. The molecule has 116 valence electrons. The first-order valence-corrected chi connectivity index (χ1v) is 8.48. The highest BCUT2D eigenvalue weighted by Crippen LogP contribution is 2.24. The molecule has 0 fully saturated rings. The van der Waals surface area contributed by atoms with Crippen LogP contribution in [-0.4, -0.2) is 63.4 Å². The van der Waals surface area contributed by atoms with E-state index in [1.54, 1.807) is 24.4 Å². The lowest BCUT2D eigenvalue weighted by Crippen LogP contribution is -2.33. The molecule has 3 rings (SSSR count). The van der Waals surface area contributed by atoms with Crippen LogP contribution in [0.5, 0.6) is 0 Å². The van der Waals surface area contributed by atoms with Gasteiger partial charge in [-0.25, -0.2) is 4.98 Å². The van der Waals surface area contributed by atoms with E-state index in [9.17, 15) is 9.59 Å². The lowest BCUT2D eigenvalue weighted by molar-refractivity contribution is 0.0755. The third-order valence-electron chi connectivity index (χ3n) is 3.46. The summed E-state index contributed by atoms with van der Waals surface area (Å²) in [6, 6.07) is 0. The lowest BCUT2D eigenvalue weighted by atomic mass is 10.2. The number of carbonyl (C=O) groups is 2. The number of hydrogen-bond donors (Lipinski definition) is 0. The van der Waals surface area contributed by atoms with Crippen LogP contribution in [0.3, 0.4) is 0 Å². The minimum Gasteiger partial charge on any atom is -0.343 e. The van der Waals surface area contributed by atoms with Gasteiger partial charge in [-0.1, -0.05) is 4.49 Å². The summed E-state index contributed by atoms with van der Waals surface area (Å²) in [7, 11) is 3.44. The predicted octanol–water partition coefficient (Wildman–Crippen LogP) is 0.937. The van der Waals surface area contributed by atoms with E-state index in [2.05, 4.69) is 14.6 Å². The van der Waals surface area contributed by atoms with Crippen molar-refractivity contribution in [1.29, 1.82) is 0 Å². The molecule has 3 heterocycles. The van der Waals surface area contributed by atoms with E-state index in [1.807, 2.05) is 0 Å². The van der Waals surface area contributed by atoms with Crippen molar-refractivity contribution in [2.24, 2.45) is 0 Å². The van der Waals surface area contributed by atoms with Gasteiger partial charge in [-0.2, -0.15) is 0 Å².